The Labute approximate surface area is 204 Å². The molecule has 4 heterocycles. The highest BCUT2D eigenvalue weighted by Gasteiger charge is 2.43. The van der Waals surface area contributed by atoms with Crippen molar-refractivity contribution in [2.24, 2.45) is 0 Å². The number of aromatic nitrogens is 3. The van der Waals surface area contributed by atoms with Gasteiger partial charge in [-0.3, -0.25) is 15.1 Å². The van der Waals surface area contributed by atoms with E-state index in [4.69, 9.17) is 4.98 Å². The third kappa shape index (κ3) is 3.76. The average Bonchev–Trinajstić information content (AvgIpc) is 3.52. The number of pyridine rings is 2. The lowest BCUT2D eigenvalue weighted by Gasteiger charge is -2.18. The molecular weight excluding hydrogens is 467 g/mol. The fraction of sp³-hybridized carbons (Fsp3) is 0.222. The van der Waals surface area contributed by atoms with Gasteiger partial charge >= 0.3 is 6.18 Å². The number of fused-ring (bicyclic) bond motifs is 4. The van der Waals surface area contributed by atoms with Gasteiger partial charge in [-0.05, 0) is 54.3 Å². The van der Waals surface area contributed by atoms with Crippen molar-refractivity contribution in [3.05, 3.63) is 95.1 Å². The predicted molar refractivity (Wildman–Crippen MR) is 129 cm³/mol. The van der Waals surface area contributed by atoms with Gasteiger partial charge in [-0.1, -0.05) is 30.3 Å². The van der Waals surface area contributed by atoms with Crippen LogP contribution in [0, 0.1) is 6.92 Å². The van der Waals surface area contributed by atoms with Gasteiger partial charge < -0.3 is 5.32 Å². The number of hydrogen-bond donors (Lipinski definition) is 2. The summed E-state index contributed by atoms with van der Waals surface area (Å²) >= 11 is 0. The third-order valence-corrected chi connectivity index (χ3v) is 6.84. The molecule has 9 heteroatoms. The minimum atomic E-state index is -4.53. The first-order valence-electron chi connectivity index (χ1n) is 11.6. The maximum atomic E-state index is 13.0. The second-order valence-electron chi connectivity index (χ2n) is 9.26. The van der Waals surface area contributed by atoms with Crippen LogP contribution in [0.1, 0.15) is 45.7 Å². The topological polar surface area (TPSA) is 81.2 Å². The number of benzene rings is 1. The van der Waals surface area contributed by atoms with Crippen molar-refractivity contribution in [3.63, 3.8) is 0 Å². The number of nitrogens with one attached hydrogen (secondary N) is 2. The Bertz CT molecular complexity index is 1550. The summed E-state index contributed by atoms with van der Waals surface area (Å²) in [7, 11) is 0. The molecule has 0 bridgehead atoms. The number of carbonyl (C=O) groups is 1. The van der Waals surface area contributed by atoms with Crippen LogP contribution < -0.4 is 10.6 Å². The summed E-state index contributed by atoms with van der Waals surface area (Å²) in [4.78, 5) is 17.5. The maximum Gasteiger partial charge on any atom is 0.408 e. The van der Waals surface area contributed by atoms with Crippen LogP contribution in [0.15, 0.2) is 67.1 Å². The molecule has 1 aliphatic heterocycles. The van der Waals surface area contributed by atoms with Gasteiger partial charge in [0.2, 0.25) is 0 Å². The van der Waals surface area contributed by atoms with Crippen LogP contribution in [0.3, 0.4) is 0 Å². The van der Waals surface area contributed by atoms with E-state index >= 15 is 0 Å². The van der Waals surface area contributed by atoms with Crippen LogP contribution in [0.5, 0.6) is 0 Å². The fourth-order valence-corrected chi connectivity index (χ4v) is 4.73. The molecule has 1 aliphatic carbocycles. The van der Waals surface area contributed by atoms with Gasteiger partial charge in [-0.25, -0.2) is 4.52 Å². The van der Waals surface area contributed by atoms with Crippen molar-refractivity contribution in [1.82, 2.24) is 25.2 Å². The van der Waals surface area contributed by atoms with Gasteiger partial charge in [0, 0.05) is 29.6 Å². The minimum absolute atomic E-state index is 0.0822. The van der Waals surface area contributed by atoms with E-state index < -0.39 is 18.1 Å². The van der Waals surface area contributed by atoms with E-state index in [0.717, 1.165) is 46.0 Å². The molecule has 3 aromatic heterocycles. The molecular formula is C27H22F3N5O. The van der Waals surface area contributed by atoms with Crippen LogP contribution in [0.25, 0.3) is 22.2 Å². The Morgan fingerprint density at radius 1 is 1.11 bits per heavy atom. The lowest BCUT2D eigenvalue weighted by Crippen LogP contribution is -2.43. The highest BCUT2D eigenvalue weighted by Crippen LogP contribution is 2.44. The lowest BCUT2D eigenvalue weighted by molar-refractivity contribution is -0.149. The zero-order valence-corrected chi connectivity index (χ0v) is 19.5. The second-order valence-corrected chi connectivity index (χ2v) is 9.26. The standard InChI is InChI=1S/C27H22F3N5O/c1-14-5-3-4-6-18(14)17-9-20-19(11-22-25(34-22)24(20)31-12-17)16-7-8-35-23(10-16)21(13-32-35)26(36)33-15(2)27(28,29)30/h3-13,15,22,25,34H,1-2H3,(H,33,36)/t15-,22+,25?/m1/s1. The van der Waals surface area contributed by atoms with Crippen LogP contribution in [-0.4, -0.2) is 38.8 Å². The molecule has 6 rings (SSSR count). The first kappa shape index (κ1) is 22.5. The molecule has 1 unspecified atom stereocenters. The quantitative estimate of drug-likeness (QED) is 0.402. The smallest absolute Gasteiger partial charge is 0.340 e. The third-order valence-electron chi connectivity index (χ3n) is 6.84. The van der Waals surface area contributed by atoms with Gasteiger partial charge in [0.05, 0.1) is 29.0 Å². The summed E-state index contributed by atoms with van der Waals surface area (Å²) < 4.78 is 40.4. The van der Waals surface area contributed by atoms with Crippen molar-refractivity contribution < 1.29 is 18.0 Å². The van der Waals surface area contributed by atoms with Gasteiger partial charge in [0.15, 0.2) is 0 Å². The number of nitrogens with zero attached hydrogens (tertiary/aromatic N) is 3. The molecule has 0 radical (unpaired) electrons. The summed E-state index contributed by atoms with van der Waals surface area (Å²) in [5.74, 6) is -0.822. The van der Waals surface area contributed by atoms with Crippen molar-refractivity contribution in [2.45, 2.75) is 38.1 Å². The van der Waals surface area contributed by atoms with E-state index in [1.54, 1.807) is 12.3 Å². The SMILES string of the molecule is Cc1ccccc1-c1cnc2c(c1)C(c1ccn3ncc(C(=O)N[C@H](C)C(F)(F)F)c3c1)=C[C@@H]1NC21. The van der Waals surface area contributed by atoms with E-state index in [0.29, 0.717) is 5.52 Å². The average molecular weight is 490 g/mol. The number of halogens is 3. The second kappa shape index (κ2) is 8.03. The van der Waals surface area contributed by atoms with E-state index in [-0.39, 0.29) is 17.6 Å². The number of hydrogen-bond acceptors (Lipinski definition) is 4. The molecule has 2 N–H and O–H groups in total. The highest BCUT2D eigenvalue weighted by atomic mass is 19.4. The first-order valence-corrected chi connectivity index (χ1v) is 11.6. The van der Waals surface area contributed by atoms with E-state index in [1.807, 2.05) is 29.7 Å². The molecule has 182 valence electrons. The largest absolute Gasteiger partial charge is 0.408 e. The summed E-state index contributed by atoms with van der Waals surface area (Å²) in [5, 5.41) is 9.61. The van der Waals surface area contributed by atoms with Gasteiger partial charge in [-0.2, -0.15) is 18.3 Å². The number of amides is 1. The monoisotopic (exact) mass is 489 g/mol. The zero-order chi connectivity index (χ0) is 25.2. The van der Waals surface area contributed by atoms with Crippen LogP contribution in [0.4, 0.5) is 13.2 Å². The minimum Gasteiger partial charge on any atom is -0.340 e. The molecule has 1 fully saturated rings. The Hall–Kier alpha value is -3.98. The Kier molecular flexibility index (Phi) is 5.01. The van der Waals surface area contributed by atoms with E-state index in [9.17, 15) is 18.0 Å². The lowest BCUT2D eigenvalue weighted by atomic mass is 9.88. The van der Waals surface area contributed by atoms with Crippen molar-refractivity contribution in [3.8, 4) is 11.1 Å². The first-order chi connectivity index (χ1) is 17.2. The Morgan fingerprint density at radius 3 is 2.69 bits per heavy atom. The molecule has 6 nitrogen and oxygen atoms in total. The van der Waals surface area contributed by atoms with Crippen LogP contribution in [-0.2, 0) is 0 Å². The molecule has 0 spiro atoms. The summed E-state index contributed by atoms with van der Waals surface area (Å²) in [5.41, 5.74) is 7.49. The number of aryl methyl sites for hydroxylation is 1. The Morgan fingerprint density at radius 2 is 1.92 bits per heavy atom. The van der Waals surface area contributed by atoms with Gasteiger partial charge in [0.1, 0.15) is 6.04 Å². The summed E-state index contributed by atoms with van der Waals surface area (Å²) in [6.07, 6.45) is 2.50. The molecule has 4 aromatic rings. The van der Waals surface area contributed by atoms with Gasteiger partial charge in [0.25, 0.3) is 5.91 Å². The molecule has 1 saturated heterocycles. The highest BCUT2D eigenvalue weighted by molar-refractivity contribution is 6.01. The van der Waals surface area contributed by atoms with Crippen LogP contribution >= 0.6 is 0 Å². The molecule has 2 aliphatic rings. The van der Waals surface area contributed by atoms with Crippen molar-refractivity contribution in [1.29, 1.82) is 0 Å². The van der Waals surface area contributed by atoms with E-state index in [2.05, 4.69) is 41.6 Å². The molecule has 1 aromatic carbocycles. The number of carbonyl (C=O) groups excluding carboxylic acids is 1. The van der Waals surface area contributed by atoms with Gasteiger partial charge in [-0.15, -0.1) is 0 Å². The van der Waals surface area contributed by atoms with E-state index in [1.165, 1.54) is 10.7 Å². The van der Waals surface area contributed by atoms with Crippen molar-refractivity contribution in [2.75, 3.05) is 0 Å². The van der Waals surface area contributed by atoms with Crippen molar-refractivity contribution >= 4 is 17.0 Å². The normalized spacial score (nSPS) is 19.3. The number of rotatable bonds is 4. The fourth-order valence-electron chi connectivity index (χ4n) is 4.73. The summed E-state index contributed by atoms with van der Waals surface area (Å²) in [6, 6.07) is 12.3. The molecule has 1 amide bonds. The summed E-state index contributed by atoms with van der Waals surface area (Å²) in [6.45, 7) is 2.97. The number of alkyl halides is 3. The Balaban J connectivity index is 1.41. The zero-order valence-electron chi connectivity index (χ0n) is 19.5. The maximum absolute atomic E-state index is 13.0. The predicted octanol–water partition coefficient (Wildman–Crippen LogP) is 4.84. The molecule has 36 heavy (non-hydrogen) atoms. The molecule has 3 atom stereocenters. The molecule has 0 saturated carbocycles. The van der Waals surface area contributed by atoms with Crippen LogP contribution in [0.2, 0.25) is 0 Å².